The largest absolute Gasteiger partial charge is 0.260 e. The van der Waals surface area contributed by atoms with Crippen LogP contribution in [0.1, 0.15) is 0 Å². The highest BCUT2D eigenvalue weighted by molar-refractivity contribution is 9.08. The molecular formula is C2BrCl3FN. The van der Waals surface area contributed by atoms with Crippen LogP contribution in [0.4, 0.5) is 4.39 Å². The Morgan fingerprint density at radius 1 is 1.50 bits per heavy atom. The Balaban J connectivity index is 4.03. The molecule has 6 heteroatoms. The topological polar surface area (TPSA) is 12.4 Å². The molecule has 0 aromatic heterocycles. The number of nitrogens with zero attached hydrogens (tertiary/aromatic N) is 1. The van der Waals surface area contributed by atoms with Gasteiger partial charge >= 0.3 is 0 Å². The average Bonchev–Trinajstić information content (AvgIpc) is 1.62. The molecule has 0 amide bonds. The van der Waals surface area contributed by atoms with Crippen LogP contribution < -0.4 is 0 Å². The third-order valence-corrected chi connectivity index (χ3v) is 1.09. The van der Waals surface area contributed by atoms with Crippen molar-refractivity contribution in [1.82, 2.24) is 0 Å². The Morgan fingerprint density at radius 2 is 1.88 bits per heavy atom. The molecule has 0 N–H and O–H groups in total. The van der Waals surface area contributed by atoms with Gasteiger partial charge in [-0.05, 0) is 0 Å². The minimum Gasteiger partial charge on any atom is -0.184 e. The third-order valence-electron chi connectivity index (χ3n) is 0.308. The first-order valence-corrected chi connectivity index (χ1v) is 3.24. The highest BCUT2D eigenvalue weighted by Gasteiger charge is 2.27. The maximum Gasteiger partial charge on any atom is 0.260 e. The molecule has 0 atom stereocenters. The summed E-state index contributed by atoms with van der Waals surface area (Å²) in [6.07, 6.45) is 0. The van der Waals surface area contributed by atoms with Gasteiger partial charge in [-0.2, -0.15) is 8.41 Å². The minimum absolute atomic E-state index is 1.08. The van der Waals surface area contributed by atoms with E-state index in [1.54, 1.807) is 0 Å². The second-order valence-electron chi connectivity index (χ2n) is 0.873. The standard InChI is InChI=1S/C2BrCl3FN/c3-8-1(7)2(4,5)6. The van der Waals surface area contributed by atoms with Gasteiger partial charge in [0, 0.05) is 0 Å². The van der Waals surface area contributed by atoms with Crippen molar-refractivity contribution in [1.29, 1.82) is 0 Å². The van der Waals surface area contributed by atoms with Crippen molar-refractivity contribution in [3.05, 3.63) is 0 Å². The van der Waals surface area contributed by atoms with E-state index in [1.165, 1.54) is 0 Å². The summed E-state index contributed by atoms with van der Waals surface area (Å²) in [5, 5.41) is 0. The van der Waals surface area contributed by atoms with Gasteiger partial charge in [0.1, 0.15) is 0 Å². The van der Waals surface area contributed by atoms with E-state index >= 15 is 0 Å². The summed E-state index contributed by atoms with van der Waals surface area (Å²) in [5.74, 6) is -1.08. The zero-order valence-corrected chi connectivity index (χ0v) is 7.19. The van der Waals surface area contributed by atoms with Gasteiger partial charge in [-0.1, -0.05) is 34.8 Å². The predicted octanol–water partition coefficient (Wildman–Crippen LogP) is 3.03. The zero-order chi connectivity index (χ0) is 6.78. The molecule has 0 saturated carbocycles. The van der Waals surface area contributed by atoms with Gasteiger partial charge in [0.25, 0.3) is 3.79 Å². The molecule has 48 valence electrons. The smallest absolute Gasteiger partial charge is 0.184 e. The second kappa shape index (κ2) is 3.20. The van der Waals surface area contributed by atoms with Crippen LogP contribution in [0, 0.1) is 0 Å². The second-order valence-corrected chi connectivity index (χ2v) is 3.51. The third kappa shape index (κ3) is 3.07. The van der Waals surface area contributed by atoms with Crippen molar-refractivity contribution < 1.29 is 4.39 Å². The molecule has 0 aliphatic carbocycles. The number of rotatable bonds is 0. The first-order valence-electron chi connectivity index (χ1n) is 1.40. The number of halogens is 5. The Bertz CT molecular complexity index is 108. The van der Waals surface area contributed by atoms with E-state index in [0.29, 0.717) is 0 Å². The highest BCUT2D eigenvalue weighted by atomic mass is 79.9. The average molecular weight is 243 g/mol. The van der Waals surface area contributed by atoms with E-state index in [9.17, 15) is 4.39 Å². The molecule has 0 rings (SSSR count). The van der Waals surface area contributed by atoms with Crippen molar-refractivity contribution in [3.8, 4) is 0 Å². The molecule has 0 unspecified atom stereocenters. The summed E-state index contributed by atoms with van der Waals surface area (Å²) in [4.78, 5) is 0. The summed E-state index contributed by atoms with van der Waals surface area (Å²) in [5.41, 5.74) is 0. The van der Waals surface area contributed by atoms with E-state index < -0.39 is 9.76 Å². The van der Waals surface area contributed by atoms with Crippen molar-refractivity contribution in [2.24, 2.45) is 4.02 Å². The fourth-order valence-electron chi connectivity index (χ4n) is 0.0479. The monoisotopic (exact) mass is 241 g/mol. The molecule has 0 aromatic rings. The van der Waals surface area contributed by atoms with Gasteiger partial charge in [0.2, 0.25) is 5.97 Å². The SMILES string of the molecule is FC(=NBr)C(Cl)(Cl)Cl. The van der Waals surface area contributed by atoms with Crippen LogP contribution in [0.15, 0.2) is 4.02 Å². The molecule has 0 radical (unpaired) electrons. The maximum absolute atomic E-state index is 11.9. The lowest BCUT2D eigenvalue weighted by Crippen LogP contribution is -2.11. The van der Waals surface area contributed by atoms with Gasteiger partial charge in [0.05, 0.1) is 16.1 Å². The first-order chi connectivity index (χ1) is 3.48. The van der Waals surface area contributed by atoms with Crippen LogP contribution in [0.2, 0.25) is 0 Å². The molecule has 8 heavy (non-hydrogen) atoms. The van der Waals surface area contributed by atoms with E-state index in [4.69, 9.17) is 34.8 Å². The van der Waals surface area contributed by atoms with Crippen LogP contribution in [0.3, 0.4) is 0 Å². The fraction of sp³-hybridized carbons (Fsp3) is 0.500. The Kier molecular flexibility index (Phi) is 3.58. The predicted molar refractivity (Wildman–Crippen MR) is 37.8 cm³/mol. The Labute approximate surface area is 69.2 Å². The van der Waals surface area contributed by atoms with Gasteiger partial charge in [-0.25, -0.2) is 0 Å². The lowest BCUT2D eigenvalue weighted by Gasteiger charge is -2.02. The summed E-state index contributed by atoms with van der Waals surface area (Å²) >= 11 is 17.3. The van der Waals surface area contributed by atoms with Crippen LogP contribution >= 0.6 is 51.0 Å². The van der Waals surface area contributed by atoms with Crippen LogP contribution in [0.5, 0.6) is 0 Å². The highest BCUT2D eigenvalue weighted by Crippen LogP contribution is 2.28. The van der Waals surface area contributed by atoms with Crippen molar-refractivity contribution in [3.63, 3.8) is 0 Å². The van der Waals surface area contributed by atoms with Crippen molar-refractivity contribution >= 4 is 56.9 Å². The van der Waals surface area contributed by atoms with Gasteiger partial charge in [-0.15, -0.1) is 0 Å². The van der Waals surface area contributed by atoms with Crippen LogP contribution in [-0.4, -0.2) is 9.76 Å². The number of hydrogen-bond donors (Lipinski definition) is 0. The van der Waals surface area contributed by atoms with Crippen molar-refractivity contribution in [2.45, 2.75) is 3.79 Å². The minimum atomic E-state index is -2.04. The first kappa shape index (κ1) is 8.95. The molecule has 0 aromatic carbocycles. The van der Waals surface area contributed by atoms with E-state index in [-0.39, 0.29) is 0 Å². The molecule has 0 bridgehead atoms. The van der Waals surface area contributed by atoms with Crippen molar-refractivity contribution in [2.75, 3.05) is 0 Å². The number of hydrogen-bond acceptors (Lipinski definition) is 1. The lowest BCUT2D eigenvalue weighted by atomic mass is 10.8. The van der Waals surface area contributed by atoms with Crippen LogP contribution in [0.25, 0.3) is 0 Å². The van der Waals surface area contributed by atoms with E-state index in [0.717, 1.165) is 0 Å². The van der Waals surface area contributed by atoms with Gasteiger partial charge in [0.15, 0.2) is 0 Å². The number of alkyl halides is 3. The van der Waals surface area contributed by atoms with Gasteiger partial charge in [-0.3, -0.25) is 0 Å². The Morgan fingerprint density at radius 3 is 1.88 bits per heavy atom. The molecular weight excluding hydrogens is 243 g/mol. The molecule has 0 aliphatic heterocycles. The quantitative estimate of drug-likeness (QED) is 0.458. The normalized spacial score (nSPS) is 14.4. The molecule has 0 saturated heterocycles. The molecule has 0 fully saturated rings. The molecule has 0 heterocycles. The fourth-order valence-corrected chi connectivity index (χ4v) is 0.747. The van der Waals surface area contributed by atoms with E-state index in [1.807, 2.05) is 0 Å². The summed E-state index contributed by atoms with van der Waals surface area (Å²) < 4.78 is 12.7. The maximum atomic E-state index is 11.9. The Hall–Kier alpha value is 0.950. The zero-order valence-electron chi connectivity index (χ0n) is 3.34. The van der Waals surface area contributed by atoms with Gasteiger partial charge < -0.3 is 0 Å². The van der Waals surface area contributed by atoms with Crippen LogP contribution in [-0.2, 0) is 0 Å². The summed E-state index contributed by atoms with van der Waals surface area (Å²) in [6.45, 7) is 0. The summed E-state index contributed by atoms with van der Waals surface area (Å²) in [7, 11) is 0. The lowest BCUT2D eigenvalue weighted by molar-refractivity contribution is 0.791. The van der Waals surface area contributed by atoms with E-state index in [2.05, 4.69) is 20.2 Å². The molecule has 1 nitrogen and oxygen atoms in total. The molecule has 0 spiro atoms. The molecule has 0 aliphatic rings. The summed E-state index contributed by atoms with van der Waals surface area (Å²) in [6, 6.07) is 0.